The van der Waals surface area contributed by atoms with Crippen LogP contribution < -0.4 is 11.5 Å². The van der Waals surface area contributed by atoms with Crippen molar-refractivity contribution in [3.8, 4) is 0 Å². The van der Waals surface area contributed by atoms with Crippen LogP contribution in [0, 0.1) is 5.92 Å². The van der Waals surface area contributed by atoms with E-state index in [0.29, 0.717) is 0 Å². The summed E-state index contributed by atoms with van der Waals surface area (Å²) in [6.45, 7) is 0. The number of hydrogen-bond donors (Lipinski definition) is 2. The molecule has 0 unspecified atom stereocenters. The first-order chi connectivity index (χ1) is 14.8. The van der Waals surface area contributed by atoms with E-state index in [0.717, 1.165) is 0 Å². The molecule has 0 spiro atoms. The molecule has 4 aromatic rings. The molecule has 166 valence electrons. The summed E-state index contributed by atoms with van der Waals surface area (Å²) in [6.07, 6.45) is -0.499. The average molecular weight is 465 g/mol. The zero-order valence-electron chi connectivity index (χ0n) is 17.8. The second-order valence-electron chi connectivity index (χ2n) is 7.75. The molecule has 0 fully saturated rings. The fraction of sp³-hybridized carbons (Fsp3) is 0.143. The minimum Gasteiger partial charge on any atom is -0.316 e. The summed E-state index contributed by atoms with van der Waals surface area (Å²) in [6, 6.07) is 42.3. The Morgan fingerprint density at radius 3 is 0.781 bits per heavy atom. The van der Waals surface area contributed by atoms with Gasteiger partial charge in [-0.15, -0.1) is 24.8 Å². The minimum absolute atomic E-state index is 0. The van der Waals surface area contributed by atoms with Crippen LogP contribution in [0.2, 0.25) is 0 Å². The lowest BCUT2D eigenvalue weighted by atomic mass is 9.68. The Labute approximate surface area is 203 Å². The lowest BCUT2D eigenvalue weighted by Gasteiger charge is -2.37. The Bertz CT molecular complexity index is 864. The predicted octanol–water partition coefficient (Wildman–Crippen LogP) is 6.35. The van der Waals surface area contributed by atoms with Crippen molar-refractivity contribution in [2.24, 2.45) is 17.4 Å². The van der Waals surface area contributed by atoms with Crippen molar-refractivity contribution in [1.29, 1.82) is 0 Å². The van der Waals surface area contributed by atoms with Crippen molar-refractivity contribution in [2.75, 3.05) is 0 Å². The SMILES string of the molecule is Cl.Cl.NC(N)C(C(c1ccccc1)c1ccccc1)C(c1ccccc1)c1ccccc1. The molecule has 32 heavy (non-hydrogen) atoms. The van der Waals surface area contributed by atoms with Crippen LogP contribution in [0.25, 0.3) is 0 Å². The van der Waals surface area contributed by atoms with E-state index in [9.17, 15) is 0 Å². The molecule has 0 radical (unpaired) electrons. The first-order valence-corrected chi connectivity index (χ1v) is 10.5. The Hall–Kier alpha value is -2.62. The molecule has 4 N–H and O–H groups in total. The van der Waals surface area contributed by atoms with Gasteiger partial charge < -0.3 is 11.5 Å². The maximum Gasteiger partial charge on any atom is 0.0568 e. The van der Waals surface area contributed by atoms with Crippen LogP contribution in [0.4, 0.5) is 0 Å². The van der Waals surface area contributed by atoms with Gasteiger partial charge in [-0.1, -0.05) is 121 Å². The molecule has 4 aromatic carbocycles. The molecule has 0 amide bonds. The van der Waals surface area contributed by atoms with Gasteiger partial charge in [-0.05, 0) is 22.3 Å². The molecule has 4 heteroatoms. The normalized spacial score (nSPS) is 10.8. The van der Waals surface area contributed by atoms with Crippen LogP contribution in [0.5, 0.6) is 0 Å². The van der Waals surface area contributed by atoms with Gasteiger partial charge in [0.2, 0.25) is 0 Å². The van der Waals surface area contributed by atoms with Gasteiger partial charge in [0.15, 0.2) is 0 Å². The summed E-state index contributed by atoms with van der Waals surface area (Å²) in [4.78, 5) is 0. The average Bonchev–Trinajstić information content (AvgIpc) is 2.81. The lowest BCUT2D eigenvalue weighted by molar-refractivity contribution is 0.347. The van der Waals surface area contributed by atoms with E-state index in [1.807, 2.05) is 0 Å². The van der Waals surface area contributed by atoms with Crippen molar-refractivity contribution < 1.29 is 0 Å². The fourth-order valence-corrected chi connectivity index (χ4v) is 4.55. The molecule has 0 aromatic heterocycles. The van der Waals surface area contributed by atoms with E-state index in [1.165, 1.54) is 22.3 Å². The number of benzene rings is 4. The molecule has 4 rings (SSSR count). The fourth-order valence-electron chi connectivity index (χ4n) is 4.55. The smallest absolute Gasteiger partial charge is 0.0568 e. The number of hydrogen-bond acceptors (Lipinski definition) is 2. The summed E-state index contributed by atoms with van der Waals surface area (Å²) in [5.41, 5.74) is 18.0. The molecule has 0 aliphatic carbocycles. The highest BCUT2D eigenvalue weighted by Crippen LogP contribution is 2.44. The van der Waals surface area contributed by atoms with Crippen LogP contribution in [-0.4, -0.2) is 6.17 Å². The third kappa shape index (κ3) is 5.79. The standard InChI is InChI=1S/C28H28N2.2ClH/c29-28(30)27(25(21-13-5-1-6-14-21)22-15-7-2-8-16-22)26(23-17-9-3-10-18-23)24-19-11-4-12-20-24;;/h1-20,25-28H,29-30H2;2*1H. The molecule has 0 atom stereocenters. The largest absolute Gasteiger partial charge is 0.316 e. The van der Waals surface area contributed by atoms with E-state index in [2.05, 4.69) is 121 Å². The van der Waals surface area contributed by atoms with Crippen molar-refractivity contribution in [3.05, 3.63) is 144 Å². The third-order valence-corrected chi connectivity index (χ3v) is 5.85. The maximum atomic E-state index is 6.57. The molecule has 0 saturated carbocycles. The Balaban J connectivity index is 0.00000181. The maximum absolute atomic E-state index is 6.57. The van der Waals surface area contributed by atoms with E-state index >= 15 is 0 Å². The summed E-state index contributed by atoms with van der Waals surface area (Å²) in [7, 11) is 0. The molecule has 0 heterocycles. The first-order valence-electron chi connectivity index (χ1n) is 10.5. The van der Waals surface area contributed by atoms with Gasteiger partial charge in [0, 0.05) is 17.8 Å². The summed E-state index contributed by atoms with van der Waals surface area (Å²) in [5, 5.41) is 0. The van der Waals surface area contributed by atoms with E-state index in [-0.39, 0.29) is 42.6 Å². The predicted molar refractivity (Wildman–Crippen MR) is 140 cm³/mol. The van der Waals surface area contributed by atoms with E-state index in [1.54, 1.807) is 0 Å². The monoisotopic (exact) mass is 464 g/mol. The van der Waals surface area contributed by atoms with Crippen molar-refractivity contribution in [2.45, 2.75) is 18.0 Å². The Morgan fingerprint density at radius 1 is 0.375 bits per heavy atom. The van der Waals surface area contributed by atoms with Gasteiger partial charge in [-0.3, -0.25) is 0 Å². The molecule has 0 aliphatic rings. The van der Waals surface area contributed by atoms with Crippen molar-refractivity contribution >= 4 is 24.8 Å². The third-order valence-electron chi connectivity index (χ3n) is 5.85. The molecule has 0 aliphatic heterocycles. The molecular formula is C28H30Cl2N2. The van der Waals surface area contributed by atoms with Crippen molar-refractivity contribution in [1.82, 2.24) is 0 Å². The van der Waals surface area contributed by atoms with Gasteiger partial charge in [0.1, 0.15) is 0 Å². The summed E-state index contributed by atoms with van der Waals surface area (Å²) >= 11 is 0. The number of rotatable bonds is 7. The number of halogens is 2. The van der Waals surface area contributed by atoms with Gasteiger partial charge in [0.05, 0.1) is 6.17 Å². The van der Waals surface area contributed by atoms with Crippen LogP contribution in [-0.2, 0) is 0 Å². The van der Waals surface area contributed by atoms with Gasteiger partial charge in [0.25, 0.3) is 0 Å². The summed E-state index contributed by atoms with van der Waals surface area (Å²) < 4.78 is 0. The highest BCUT2D eigenvalue weighted by atomic mass is 35.5. The molecule has 2 nitrogen and oxygen atoms in total. The molecule has 0 bridgehead atoms. The topological polar surface area (TPSA) is 52.0 Å². The quantitative estimate of drug-likeness (QED) is 0.312. The number of nitrogens with two attached hydrogens (primary N) is 2. The second kappa shape index (κ2) is 12.4. The zero-order valence-corrected chi connectivity index (χ0v) is 19.5. The first kappa shape index (κ1) is 25.6. The molecule has 0 saturated heterocycles. The van der Waals surface area contributed by atoms with Crippen LogP contribution in [0.15, 0.2) is 121 Å². The zero-order chi connectivity index (χ0) is 20.8. The van der Waals surface area contributed by atoms with E-state index < -0.39 is 6.17 Å². The highest BCUT2D eigenvalue weighted by Gasteiger charge is 2.36. The van der Waals surface area contributed by atoms with Gasteiger partial charge >= 0.3 is 0 Å². The second-order valence-corrected chi connectivity index (χ2v) is 7.75. The van der Waals surface area contributed by atoms with Gasteiger partial charge in [-0.25, -0.2) is 0 Å². The van der Waals surface area contributed by atoms with Crippen LogP contribution in [0.3, 0.4) is 0 Å². The van der Waals surface area contributed by atoms with Crippen LogP contribution >= 0.6 is 24.8 Å². The summed E-state index contributed by atoms with van der Waals surface area (Å²) in [5.74, 6) is 0.107. The van der Waals surface area contributed by atoms with Gasteiger partial charge in [-0.2, -0.15) is 0 Å². The van der Waals surface area contributed by atoms with E-state index in [4.69, 9.17) is 11.5 Å². The minimum atomic E-state index is -0.499. The Morgan fingerprint density at radius 2 is 0.594 bits per heavy atom. The molecular weight excluding hydrogens is 435 g/mol. The Kier molecular flexibility index (Phi) is 9.96. The van der Waals surface area contributed by atoms with Crippen LogP contribution in [0.1, 0.15) is 34.1 Å². The lowest BCUT2D eigenvalue weighted by Crippen LogP contribution is -2.45. The van der Waals surface area contributed by atoms with Crippen molar-refractivity contribution in [3.63, 3.8) is 0 Å². The highest BCUT2D eigenvalue weighted by molar-refractivity contribution is 5.85.